The van der Waals surface area contributed by atoms with E-state index in [-0.39, 0.29) is 20.4 Å². The first-order chi connectivity index (χ1) is 5.29. The Balaban J connectivity index is 0.000000720. The molecule has 1 aromatic carbocycles. The maximum Gasteiger partial charge on any atom is 0.0208 e. The molecule has 1 aromatic heterocycles. The van der Waals surface area contributed by atoms with Gasteiger partial charge in [-0.25, -0.2) is 0 Å². The molecule has 2 rings (SSSR count). The first-order valence-electron chi connectivity index (χ1n) is 3.64. The molecule has 0 N–H and O–H groups in total. The number of aromatic nitrogens is 2. The Hall–Kier alpha value is -0.648. The minimum atomic E-state index is 0. The average molecular weight is 331 g/mol. The normalized spacial score (nSPS) is 9.83. The first-order valence-corrected chi connectivity index (χ1v) is 3.64. The molecule has 0 aliphatic rings. The third-order valence-electron chi connectivity index (χ3n) is 1.93. The van der Waals surface area contributed by atoms with Crippen LogP contribution in [-0.2, 0) is 20.4 Å². The van der Waals surface area contributed by atoms with Crippen LogP contribution in [0.2, 0.25) is 0 Å². The molecule has 1 heterocycles. The van der Waals surface area contributed by atoms with Crippen LogP contribution >= 0.6 is 0 Å². The van der Waals surface area contributed by atoms with Crippen LogP contribution in [0.4, 0.5) is 0 Å². The first kappa shape index (κ1) is 9.44. The van der Waals surface area contributed by atoms with Gasteiger partial charge in [-0.3, -0.25) is 0 Å². The maximum absolute atomic E-state index is 4.07. The van der Waals surface area contributed by atoms with Gasteiger partial charge < -0.3 is 10.2 Å². The number of benzene rings is 1. The molecule has 2 aromatic rings. The molecule has 0 spiro atoms. The van der Waals surface area contributed by atoms with Crippen LogP contribution in [0, 0.1) is 13.8 Å². The van der Waals surface area contributed by atoms with E-state index in [2.05, 4.69) is 29.3 Å². The quantitative estimate of drug-likeness (QED) is 0.736. The van der Waals surface area contributed by atoms with Crippen molar-refractivity contribution in [2.24, 2.45) is 0 Å². The fourth-order valence-electron chi connectivity index (χ4n) is 1.26. The minimum absolute atomic E-state index is 0. The van der Waals surface area contributed by atoms with E-state index in [0.717, 1.165) is 11.2 Å². The number of hydrogen-bond donors (Lipinski definition) is 0. The molecule has 0 unspecified atom stereocenters. The van der Waals surface area contributed by atoms with Crippen molar-refractivity contribution in [2.75, 3.05) is 0 Å². The Labute approximate surface area is 85.0 Å². The largest absolute Gasteiger partial charge is 0.575 e. The monoisotopic (exact) mass is 332 g/mol. The molecule has 0 aliphatic carbocycles. The number of nitrogens with zero attached hydrogens (tertiary/aromatic N) is 2. The molecule has 0 atom stereocenters. The minimum Gasteiger partial charge on any atom is -0.575 e. The summed E-state index contributed by atoms with van der Waals surface area (Å²) in [7, 11) is 0. The van der Waals surface area contributed by atoms with Crippen molar-refractivity contribution in [3.8, 4) is 0 Å². The van der Waals surface area contributed by atoms with Crippen molar-refractivity contribution in [3.63, 3.8) is 0 Å². The molecule has 63 valence electrons. The summed E-state index contributed by atoms with van der Waals surface area (Å²) in [6, 6.07) is 6.14. The van der Waals surface area contributed by atoms with E-state index in [4.69, 9.17) is 0 Å². The zero-order valence-electron chi connectivity index (χ0n) is 7.00. The van der Waals surface area contributed by atoms with Crippen LogP contribution in [0.25, 0.3) is 10.9 Å². The Morgan fingerprint density at radius 3 is 2.67 bits per heavy atom. The second-order valence-corrected chi connectivity index (χ2v) is 2.76. The van der Waals surface area contributed by atoms with Gasteiger partial charge >= 0.3 is 0 Å². The summed E-state index contributed by atoms with van der Waals surface area (Å²) in [4.78, 5) is 0. The van der Waals surface area contributed by atoms with Crippen LogP contribution in [-0.4, -0.2) is 5.10 Å². The van der Waals surface area contributed by atoms with Gasteiger partial charge in [0.2, 0.25) is 0 Å². The van der Waals surface area contributed by atoms with Crippen LogP contribution in [0.15, 0.2) is 18.2 Å². The SMILES string of the molecule is Cc1n[n-]c2c(C)cccc12.[Re]. The molecule has 3 heteroatoms. The van der Waals surface area contributed by atoms with Crippen LogP contribution < -0.4 is 5.10 Å². The average Bonchev–Trinajstić information content (AvgIpc) is 2.35. The fourth-order valence-corrected chi connectivity index (χ4v) is 1.26. The van der Waals surface area contributed by atoms with Crippen molar-refractivity contribution < 1.29 is 20.4 Å². The molecule has 1 radical (unpaired) electrons. The van der Waals surface area contributed by atoms with Gasteiger partial charge in [0.15, 0.2) is 0 Å². The molecular weight excluding hydrogens is 322 g/mol. The number of hydrogen-bond acceptors (Lipinski definition) is 1. The predicted octanol–water partition coefficient (Wildman–Crippen LogP) is 1.81. The summed E-state index contributed by atoms with van der Waals surface area (Å²) >= 11 is 0. The second kappa shape index (κ2) is 3.39. The van der Waals surface area contributed by atoms with Crippen molar-refractivity contribution >= 4 is 10.9 Å². The molecule has 0 saturated heterocycles. The standard InChI is InChI=1S/C9H9N2.Re/c1-6-4-3-5-8-7(2)10-11-9(6)8;/h3-5H,1-2H3;/q-1;. The molecule has 0 aliphatic heterocycles. The summed E-state index contributed by atoms with van der Waals surface area (Å²) in [5, 5.41) is 9.25. The van der Waals surface area contributed by atoms with Crippen LogP contribution in [0.3, 0.4) is 0 Å². The number of aryl methyl sites for hydroxylation is 2. The van der Waals surface area contributed by atoms with Crippen LogP contribution in [0.1, 0.15) is 11.3 Å². The van der Waals surface area contributed by atoms with E-state index < -0.39 is 0 Å². The van der Waals surface area contributed by atoms with E-state index in [9.17, 15) is 0 Å². The van der Waals surface area contributed by atoms with Gasteiger partial charge in [-0.1, -0.05) is 23.8 Å². The Kier molecular flexibility index (Phi) is 2.66. The van der Waals surface area contributed by atoms with Gasteiger partial charge in [0.25, 0.3) is 0 Å². The second-order valence-electron chi connectivity index (χ2n) is 2.76. The Morgan fingerprint density at radius 2 is 2.00 bits per heavy atom. The van der Waals surface area contributed by atoms with Gasteiger partial charge in [-0.05, 0) is 19.2 Å². The summed E-state index contributed by atoms with van der Waals surface area (Å²) in [6.45, 7) is 4.03. The third-order valence-corrected chi connectivity index (χ3v) is 1.93. The third kappa shape index (κ3) is 1.31. The summed E-state index contributed by atoms with van der Waals surface area (Å²) in [5.74, 6) is 0. The van der Waals surface area contributed by atoms with E-state index in [1.807, 2.05) is 13.0 Å². The zero-order chi connectivity index (χ0) is 7.84. The molecule has 0 bridgehead atoms. The van der Waals surface area contributed by atoms with E-state index in [0.29, 0.717) is 0 Å². The van der Waals surface area contributed by atoms with Crippen molar-refractivity contribution in [2.45, 2.75) is 13.8 Å². The van der Waals surface area contributed by atoms with Gasteiger partial charge in [0.05, 0.1) is 0 Å². The van der Waals surface area contributed by atoms with Gasteiger partial charge in [-0.15, -0.1) is 5.52 Å². The van der Waals surface area contributed by atoms with Crippen LogP contribution in [0.5, 0.6) is 0 Å². The fraction of sp³-hybridized carbons (Fsp3) is 0.222. The molecule has 12 heavy (non-hydrogen) atoms. The Bertz CT molecular complexity index is 392. The van der Waals surface area contributed by atoms with Crippen molar-refractivity contribution in [3.05, 3.63) is 29.5 Å². The summed E-state index contributed by atoms with van der Waals surface area (Å²) in [5.41, 5.74) is 3.25. The van der Waals surface area contributed by atoms with Crippen molar-refractivity contribution in [1.82, 2.24) is 10.2 Å². The van der Waals surface area contributed by atoms with Gasteiger partial charge in [0.1, 0.15) is 0 Å². The zero-order valence-corrected chi connectivity index (χ0v) is 9.72. The predicted molar refractivity (Wildman–Crippen MR) is 44.5 cm³/mol. The Morgan fingerprint density at radius 1 is 1.25 bits per heavy atom. The van der Waals surface area contributed by atoms with Crippen molar-refractivity contribution in [1.29, 1.82) is 0 Å². The van der Waals surface area contributed by atoms with E-state index >= 15 is 0 Å². The van der Waals surface area contributed by atoms with Gasteiger partial charge in [-0.2, -0.15) is 0 Å². The molecule has 0 amide bonds. The molecular formula is C9H9N2Re-. The molecule has 2 nitrogen and oxygen atoms in total. The summed E-state index contributed by atoms with van der Waals surface area (Å²) in [6.07, 6.45) is 0. The number of fused-ring (bicyclic) bond motifs is 1. The van der Waals surface area contributed by atoms with Gasteiger partial charge in [0, 0.05) is 26.1 Å². The van der Waals surface area contributed by atoms with E-state index in [1.54, 1.807) is 0 Å². The van der Waals surface area contributed by atoms with E-state index in [1.165, 1.54) is 10.9 Å². The summed E-state index contributed by atoms with van der Waals surface area (Å²) < 4.78 is 0. The number of rotatable bonds is 0. The maximum atomic E-state index is 4.07. The smallest absolute Gasteiger partial charge is 0.0208 e. The topological polar surface area (TPSA) is 27.0 Å². The molecule has 0 fully saturated rings. The molecule has 0 saturated carbocycles.